The van der Waals surface area contributed by atoms with Gasteiger partial charge in [0.25, 0.3) is 0 Å². The highest BCUT2D eigenvalue weighted by Crippen LogP contribution is 2.37. The fourth-order valence-corrected chi connectivity index (χ4v) is 3.80. The van der Waals surface area contributed by atoms with E-state index in [0.717, 1.165) is 30.6 Å². The number of anilines is 1. The van der Waals surface area contributed by atoms with Crippen molar-refractivity contribution in [2.75, 3.05) is 24.5 Å². The van der Waals surface area contributed by atoms with E-state index in [9.17, 15) is 0 Å². The Hall–Kier alpha value is -1.09. The maximum Gasteiger partial charge on any atom is 0.128 e. The monoisotopic (exact) mass is 273 g/mol. The molecule has 1 aliphatic heterocycles. The van der Waals surface area contributed by atoms with Crippen molar-refractivity contribution in [2.45, 2.75) is 45.6 Å². The molecule has 1 N–H and O–H groups in total. The molecule has 1 aliphatic carbocycles. The molecule has 20 heavy (non-hydrogen) atoms. The molecule has 3 heteroatoms. The van der Waals surface area contributed by atoms with E-state index in [0.29, 0.717) is 0 Å². The van der Waals surface area contributed by atoms with Crippen LogP contribution in [0.5, 0.6) is 0 Å². The molecule has 2 atom stereocenters. The van der Waals surface area contributed by atoms with Crippen LogP contribution in [0.1, 0.15) is 44.7 Å². The Labute approximate surface area is 122 Å². The largest absolute Gasteiger partial charge is 0.356 e. The zero-order chi connectivity index (χ0) is 13.8. The van der Waals surface area contributed by atoms with Crippen LogP contribution in [-0.4, -0.2) is 24.6 Å². The van der Waals surface area contributed by atoms with Gasteiger partial charge in [0.2, 0.25) is 0 Å². The summed E-state index contributed by atoms with van der Waals surface area (Å²) in [5.74, 6) is 3.09. The zero-order valence-corrected chi connectivity index (χ0v) is 12.6. The summed E-state index contributed by atoms with van der Waals surface area (Å²) in [6, 6.07) is 6.46. The topological polar surface area (TPSA) is 28.2 Å². The van der Waals surface area contributed by atoms with Crippen LogP contribution in [0.15, 0.2) is 18.2 Å². The SMILES string of the molecule is CCNCc1cccc(N2CCC3CCCCC3C2)n1. The average Bonchev–Trinajstić information content (AvgIpc) is 2.53. The molecule has 0 radical (unpaired) electrons. The van der Waals surface area contributed by atoms with E-state index in [1.807, 2.05) is 0 Å². The van der Waals surface area contributed by atoms with Gasteiger partial charge >= 0.3 is 0 Å². The van der Waals surface area contributed by atoms with Gasteiger partial charge < -0.3 is 10.2 Å². The van der Waals surface area contributed by atoms with Gasteiger partial charge in [-0.05, 0) is 43.4 Å². The molecule has 0 bridgehead atoms. The normalized spacial score (nSPS) is 26.4. The van der Waals surface area contributed by atoms with E-state index in [4.69, 9.17) is 4.98 Å². The molecule has 3 nitrogen and oxygen atoms in total. The van der Waals surface area contributed by atoms with Gasteiger partial charge in [-0.25, -0.2) is 4.98 Å². The summed E-state index contributed by atoms with van der Waals surface area (Å²) >= 11 is 0. The number of hydrogen-bond donors (Lipinski definition) is 1. The molecule has 2 fully saturated rings. The lowest BCUT2D eigenvalue weighted by atomic mass is 9.75. The van der Waals surface area contributed by atoms with Crippen LogP contribution in [-0.2, 0) is 6.54 Å². The third-order valence-electron chi connectivity index (χ3n) is 4.96. The number of piperidine rings is 1. The number of nitrogens with zero attached hydrogens (tertiary/aromatic N) is 2. The van der Waals surface area contributed by atoms with Crippen LogP contribution in [0.4, 0.5) is 5.82 Å². The van der Waals surface area contributed by atoms with Gasteiger partial charge in [-0.3, -0.25) is 0 Å². The fraction of sp³-hybridized carbons (Fsp3) is 0.706. The van der Waals surface area contributed by atoms with Crippen LogP contribution in [0.2, 0.25) is 0 Å². The number of nitrogens with one attached hydrogen (secondary N) is 1. The second kappa shape index (κ2) is 6.57. The molecular weight excluding hydrogens is 246 g/mol. The van der Waals surface area contributed by atoms with Gasteiger partial charge in [0, 0.05) is 19.6 Å². The minimum absolute atomic E-state index is 0.879. The molecule has 2 heterocycles. The minimum atomic E-state index is 0.879. The van der Waals surface area contributed by atoms with Gasteiger partial charge in [0.15, 0.2) is 0 Å². The van der Waals surface area contributed by atoms with Crippen LogP contribution in [0.3, 0.4) is 0 Å². The number of hydrogen-bond acceptors (Lipinski definition) is 3. The van der Waals surface area contributed by atoms with E-state index >= 15 is 0 Å². The molecule has 0 aromatic carbocycles. The number of rotatable bonds is 4. The first kappa shape index (κ1) is 13.9. The Kier molecular flexibility index (Phi) is 4.56. The second-order valence-corrected chi connectivity index (χ2v) is 6.31. The van der Waals surface area contributed by atoms with Crippen LogP contribution < -0.4 is 10.2 Å². The smallest absolute Gasteiger partial charge is 0.128 e. The van der Waals surface area contributed by atoms with Gasteiger partial charge in [-0.1, -0.05) is 32.3 Å². The van der Waals surface area contributed by atoms with Crippen molar-refractivity contribution in [3.8, 4) is 0 Å². The number of fused-ring (bicyclic) bond motifs is 1. The summed E-state index contributed by atoms with van der Waals surface area (Å²) in [5, 5.41) is 3.36. The Morgan fingerprint density at radius 2 is 2.05 bits per heavy atom. The molecule has 1 aromatic heterocycles. The Morgan fingerprint density at radius 3 is 2.90 bits per heavy atom. The average molecular weight is 273 g/mol. The third kappa shape index (κ3) is 3.14. The highest BCUT2D eigenvalue weighted by molar-refractivity contribution is 5.40. The van der Waals surface area contributed by atoms with Crippen LogP contribution in [0.25, 0.3) is 0 Å². The molecule has 1 saturated carbocycles. The summed E-state index contributed by atoms with van der Waals surface area (Å²) in [6.45, 7) is 6.43. The zero-order valence-electron chi connectivity index (χ0n) is 12.6. The van der Waals surface area contributed by atoms with Crippen molar-refractivity contribution < 1.29 is 0 Å². The lowest BCUT2D eigenvalue weighted by Crippen LogP contribution is -2.42. The summed E-state index contributed by atoms with van der Waals surface area (Å²) < 4.78 is 0. The van der Waals surface area contributed by atoms with Crippen molar-refractivity contribution in [1.29, 1.82) is 0 Å². The molecule has 0 amide bonds. The first-order valence-electron chi connectivity index (χ1n) is 8.28. The Balaban J connectivity index is 1.66. The summed E-state index contributed by atoms with van der Waals surface area (Å²) in [4.78, 5) is 7.35. The van der Waals surface area contributed by atoms with Crippen molar-refractivity contribution in [1.82, 2.24) is 10.3 Å². The maximum atomic E-state index is 4.83. The molecular formula is C17H27N3. The molecule has 2 unspecified atom stereocenters. The maximum absolute atomic E-state index is 4.83. The molecule has 0 spiro atoms. The number of pyridine rings is 1. The number of aromatic nitrogens is 1. The quantitative estimate of drug-likeness (QED) is 0.913. The summed E-state index contributed by atoms with van der Waals surface area (Å²) in [7, 11) is 0. The third-order valence-corrected chi connectivity index (χ3v) is 4.96. The van der Waals surface area contributed by atoms with Crippen molar-refractivity contribution in [3.63, 3.8) is 0 Å². The van der Waals surface area contributed by atoms with Gasteiger partial charge in [0.1, 0.15) is 5.82 Å². The van der Waals surface area contributed by atoms with Gasteiger partial charge in [0.05, 0.1) is 5.69 Å². The first-order valence-corrected chi connectivity index (χ1v) is 8.28. The standard InChI is InChI=1S/C17H27N3/c1-2-18-12-16-8-5-9-17(19-16)20-11-10-14-6-3-4-7-15(14)13-20/h5,8-9,14-15,18H,2-4,6-7,10-13H2,1H3. The molecule has 2 aliphatic rings. The van der Waals surface area contributed by atoms with Gasteiger partial charge in [-0.15, -0.1) is 0 Å². The van der Waals surface area contributed by atoms with Crippen molar-refractivity contribution >= 4 is 5.82 Å². The van der Waals surface area contributed by atoms with Crippen LogP contribution >= 0.6 is 0 Å². The minimum Gasteiger partial charge on any atom is -0.356 e. The summed E-state index contributed by atoms with van der Waals surface area (Å²) in [5.41, 5.74) is 1.16. The highest BCUT2D eigenvalue weighted by Gasteiger charge is 2.31. The Bertz CT molecular complexity index is 432. The van der Waals surface area contributed by atoms with Crippen molar-refractivity contribution in [3.05, 3.63) is 23.9 Å². The Morgan fingerprint density at radius 1 is 1.20 bits per heavy atom. The van der Waals surface area contributed by atoms with E-state index in [1.54, 1.807) is 0 Å². The first-order chi connectivity index (χ1) is 9.86. The van der Waals surface area contributed by atoms with Gasteiger partial charge in [-0.2, -0.15) is 0 Å². The van der Waals surface area contributed by atoms with Crippen molar-refractivity contribution in [2.24, 2.45) is 11.8 Å². The molecule has 3 rings (SSSR count). The summed E-state index contributed by atoms with van der Waals surface area (Å²) in [6.07, 6.45) is 7.15. The molecule has 110 valence electrons. The highest BCUT2D eigenvalue weighted by atomic mass is 15.2. The predicted molar refractivity (Wildman–Crippen MR) is 83.9 cm³/mol. The van der Waals surface area contributed by atoms with E-state index in [1.165, 1.54) is 51.0 Å². The predicted octanol–water partition coefficient (Wildman–Crippen LogP) is 3.21. The molecule has 1 saturated heterocycles. The molecule has 1 aromatic rings. The fourth-order valence-electron chi connectivity index (χ4n) is 3.80. The lowest BCUT2D eigenvalue weighted by Gasteiger charge is -2.41. The van der Waals surface area contributed by atoms with E-state index < -0.39 is 0 Å². The van der Waals surface area contributed by atoms with Crippen LogP contribution in [0, 0.1) is 11.8 Å². The lowest BCUT2D eigenvalue weighted by molar-refractivity contribution is 0.202. The van der Waals surface area contributed by atoms with E-state index in [-0.39, 0.29) is 0 Å². The second-order valence-electron chi connectivity index (χ2n) is 6.31. The van der Waals surface area contributed by atoms with E-state index in [2.05, 4.69) is 35.3 Å².